The maximum Gasteiger partial charge on any atom is 0.343 e. The fourth-order valence-electron chi connectivity index (χ4n) is 4.13. The third-order valence-electron chi connectivity index (χ3n) is 6.47. The molecule has 0 heterocycles. The first-order valence-electron chi connectivity index (χ1n) is 12.0. The molecule has 1 aliphatic carbocycles. The predicted molar refractivity (Wildman–Crippen MR) is 138 cm³/mol. The standard InChI is InChI=1S/C29H32O9/c1-29(20-5-11-23(12-6-20)36-17-26(30)33-2,21-7-13-24(14-8-21)37-18-27(31)34-3)22-9-15-25(16-10-22)38-19-28(32)35-4/h5-9,11-16,22H,10,17-19H2,1-4H3. The molecule has 0 radical (unpaired) electrons. The molecule has 0 N–H and O–H groups in total. The van der Waals surface area contributed by atoms with Gasteiger partial charge in [-0.05, 0) is 59.9 Å². The lowest BCUT2D eigenvalue weighted by molar-refractivity contribution is -0.144. The Balaban J connectivity index is 1.86. The second-order valence-electron chi connectivity index (χ2n) is 8.65. The molecule has 1 atom stereocenters. The molecule has 0 amide bonds. The average Bonchev–Trinajstić information content (AvgIpc) is 2.97. The van der Waals surface area contributed by atoms with E-state index in [1.165, 1.54) is 21.3 Å². The van der Waals surface area contributed by atoms with Crippen molar-refractivity contribution in [1.82, 2.24) is 0 Å². The van der Waals surface area contributed by atoms with Crippen molar-refractivity contribution in [2.45, 2.75) is 18.8 Å². The highest BCUT2D eigenvalue weighted by molar-refractivity contribution is 5.71. The Morgan fingerprint density at radius 3 is 1.50 bits per heavy atom. The Bertz CT molecular complexity index is 1100. The number of ether oxygens (including phenoxy) is 6. The van der Waals surface area contributed by atoms with Crippen LogP contribution in [0.1, 0.15) is 24.5 Å². The summed E-state index contributed by atoms with van der Waals surface area (Å²) in [6.07, 6.45) is 6.53. The van der Waals surface area contributed by atoms with Crippen molar-refractivity contribution in [2.24, 2.45) is 5.92 Å². The van der Waals surface area contributed by atoms with Crippen molar-refractivity contribution in [1.29, 1.82) is 0 Å². The summed E-state index contributed by atoms with van der Waals surface area (Å²) in [5.74, 6) is 0.367. The van der Waals surface area contributed by atoms with Gasteiger partial charge in [-0.15, -0.1) is 0 Å². The molecular weight excluding hydrogens is 492 g/mol. The lowest BCUT2D eigenvalue weighted by atomic mass is 9.65. The van der Waals surface area contributed by atoms with E-state index in [-0.39, 0.29) is 25.7 Å². The van der Waals surface area contributed by atoms with E-state index in [2.05, 4.69) is 27.2 Å². The van der Waals surface area contributed by atoms with Gasteiger partial charge in [0.2, 0.25) is 0 Å². The maximum absolute atomic E-state index is 11.4. The van der Waals surface area contributed by atoms with Crippen LogP contribution in [-0.4, -0.2) is 59.1 Å². The summed E-state index contributed by atoms with van der Waals surface area (Å²) in [6.45, 7) is 1.63. The van der Waals surface area contributed by atoms with Gasteiger partial charge in [-0.3, -0.25) is 0 Å². The number of carbonyl (C=O) groups is 3. The SMILES string of the molecule is COC(=O)COC1=CCC(C(C)(c2ccc(OCC(=O)OC)cc2)c2ccc(OCC(=O)OC)cc2)C=C1. The molecule has 9 heteroatoms. The average molecular weight is 525 g/mol. The molecule has 1 unspecified atom stereocenters. The van der Waals surface area contributed by atoms with Gasteiger partial charge in [0.1, 0.15) is 17.3 Å². The molecule has 0 aromatic heterocycles. The Hall–Kier alpha value is -4.27. The summed E-state index contributed by atoms with van der Waals surface area (Å²) in [5.41, 5.74) is 1.56. The third kappa shape index (κ3) is 7.15. The summed E-state index contributed by atoms with van der Waals surface area (Å²) in [4.78, 5) is 34.3. The molecule has 1 aliphatic rings. The highest BCUT2D eigenvalue weighted by Crippen LogP contribution is 2.44. The summed E-state index contributed by atoms with van der Waals surface area (Å²) < 4.78 is 30.5. The second-order valence-corrected chi connectivity index (χ2v) is 8.65. The van der Waals surface area contributed by atoms with Gasteiger partial charge in [-0.2, -0.15) is 0 Å². The van der Waals surface area contributed by atoms with Gasteiger partial charge in [-0.1, -0.05) is 37.3 Å². The topological polar surface area (TPSA) is 107 Å². The fraction of sp³-hybridized carbons (Fsp3) is 0.345. The Labute approximate surface area is 221 Å². The quantitative estimate of drug-likeness (QED) is 0.303. The van der Waals surface area contributed by atoms with Crippen molar-refractivity contribution in [2.75, 3.05) is 41.2 Å². The van der Waals surface area contributed by atoms with Gasteiger partial charge >= 0.3 is 17.9 Å². The van der Waals surface area contributed by atoms with E-state index in [4.69, 9.17) is 14.2 Å². The van der Waals surface area contributed by atoms with Crippen LogP contribution in [0.3, 0.4) is 0 Å². The van der Waals surface area contributed by atoms with Crippen LogP contribution in [0.15, 0.2) is 72.5 Å². The van der Waals surface area contributed by atoms with Crippen LogP contribution in [-0.2, 0) is 38.7 Å². The van der Waals surface area contributed by atoms with Crippen LogP contribution in [0.25, 0.3) is 0 Å². The van der Waals surface area contributed by atoms with Gasteiger partial charge < -0.3 is 28.4 Å². The molecule has 0 saturated carbocycles. The highest BCUT2D eigenvalue weighted by atomic mass is 16.6. The van der Waals surface area contributed by atoms with Crippen LogP contribution in [0.2, 0.25) is 0 Å². The largest absolute Gasteiger partial charge is 0.482 e. The molecule has 2 aromatic carbocycles. The maximum atomic E-state index is 11.4. The summed E-state index contributed by atoms with van der Waals surface area (Å²) in [5, 5.41) is 0. The van der Waals surface area contributed by atoms with Gasteiger partial charge in [0.05, 0.1) is 21.3 Å². The Kier molecular flexibility index (Phi) is 9.92. The zero-order valence-electron chi connectivity index (χ0n) is 21.9. The number of benzene rings is 2. The smallest absolute Gasteiger partial charge is 0.343 e. The Morgan fingerprint density at radius 2 is 1.13 bits per heavy atom. The minimum Gasteiger partial charge on any atom is -0.482 e. The molecule has 0 fully saturated rings. The zero-order chi connectivity index (χ0) is 27.5. The van der Waals surface area contributed by atoms with Crippen molar-refractivity contribution in [3.8, 4) is 11.5 Å². The molecule has 9 nitrogen and oxygen atoms in total. The van der Waals surface area contributed by atoms with E-state index in [0.717, 1.165) is 11.1 Å². The number of allylic oxidation sites excluding steroid dienone is 3. The highest BCUT2D eigenvalue weighted by Gasteiger charge is 2.37. The summed E-state index contributed by atoms with van der Waals surface area (Å²) in [7, 11) is 3.93. The van der Waals surface area contributed by atoms with Crippen molar-refractivity contribution in [3.63, 3.8) is 0 Å². The summed E-state index contributed by atoms with van der Waals surface area (Å²) in [6, 6.07) is 15.1. The van der Waals surface area contributed by atoms with Crippen LogP contribution < -0.4 is 9.47 Å². The van der Waals surface area contributed by atoms with Gasteiger partial charge in [0.15, 0.2) is 19.8 Å². The van der Waals surface area contributed by atoms with Crippen molar-refractivity contribution >= 4 is 17.9 Å². The molecular formula is C29H32O9. The molecule has 0 bridgehead atoms. The lowest BCUT2D eigenvalue weighted by Gasteiger charge is -2.38. The van der Waals surface area contributed by atoms with Gasteiger partial charge in [0, 0.05) is 5.41 Å². The minimum atomic E-state index is -0.483. The predicted octanol–water partition coefficient (Wildman–Crippen LogP) is 3.75. The van der Waals surface area contributed by atoms with Gasteiger partial charge in [0.25, 0.3) is 0 Å². The van der Waals surface area contributed by atoms with E-state index in [1.54, 1.807) is 0 Å². The number of rotatable bonds is 12. The van der Waals surface area contributed by atoms with E-state index in [1.807, 2.05) is 60.7 Å². The summed E-state index contributed by atoms with van der Waals surface area (Å²) >= 11 is 0. The van der Waals surface area contributed by atoms with Crippen molar-refractivity contribution in [3.05, 3.63) is 83.6 Å². The first-order valence-corrected chi connectivity index (χ1v) is 12.0. The first kappa shape index (κ1) is 28.3. The number of methoxy groups -OCH3 is 3. The normalized spacial score (nSPS) is 14.6. The molecule has 0 aliphatic heterocycles. The number of carbonyl (C=O) groups excluding carboxylic acids is 3. The van der Waals surface area contributed by atoms with Crippen LogP contribution in [0, 0.1) is 5.92 Å². The first-order chi connectivity index (χ1) is 18.3. The number of hydrogen-bond donors (Lipinski definition) is 0. The second kappa shape index (κ2) is 13.3. The Morgan fingerprint density at radius 1 is 0.711 bits per heavy atom. The van der Waals surface area contributed by atoms with E-state index < -0.39 is 23.3 Å². The molecule has 38 heavy (non-hydrogen) atoms. The van der Waals surface area contributed by atoms with E-state index in [0.29, 0.717) is 23.7 Å². The number of hydrogen-bond acceptors (Lipinski definition) is 9. The van der Waals surface area contributed by atoms with E-state index >= 15 is 0 Å². The monoisotopic (exact) mass is 524 g/mol. The van der Waals surface area contributed by atoms with Crippen molar-refractivity contribution < 1.29 is 42.8 Å². The molecule has 0 saturated heterocycles. The zero-order valence-corrected chi connectivity index (χ0v) is 21.9. The fourth-order valence-corrected chi connectivity index (χ4v) is 4.13. The van der Waals surface area contributed by atoms with Gasteiger partial charge in [-0.25, -0.2) is 14.4 Å². The molecule has 0 spiro atoms. The van der Waals surface area contributed by atoms with E-state index in [9.17, 15) is 14.4 Å². The number of esters is 3. The molecule has 202 valence electrons. The lowest BCUT2D eigenvalue weighted by Crippen LogP contribution is -2.33. The van der Waals surface area contributed by atoms with Crippen LogP contribution in [0.5, 0.6) is 11.5 Å². The molecule has 2 aromatic rings. The van der Waals surface area contributed by atoms with Crippen LogP contribution in [0.4, 0.5) is 0 Å². The third-order valence-corrected chi connectivity index (χ3v) is 6.47. The minimum absolute atomic E-state index is 0.0386. The molecule has 3 rings (SSSR count). The van der Waals surface area contributed by atoms with Crippen LogP contribution >= 0.6 is 0 Å².